The maximum atomic E-state index is 11.9. The average molecular weight is 311 g/mol. The van der Waals surface area contributed by atoms with Crippen LogP contribution in [0.15, 0.2) is 17.1 Å². The maximum Gasteiger partial charge on any atom is 0.251 e. The highest BCUT2D eigenvalue weighted by molar-refractivity contribution is 6.01. The number of halogens is 1. The molecule has 0 atom stereocenters. The number of fused-ring (bicyclic) bond motifs is 1. The zero-order chi connectivity index (χ0) is 14.1. The molecule has 1 aliphatic rings. The Morgan fingerprint density at radius 3 is 2.81 bits per heavy atom. The molecule has 21 heavy (non-hydrogen) atoms. The van der Waals surface area contributed by atoms with E-state index in [-0.39, 0.29) is 23.7 Å². The van der Waals surface area contributed by atoms with Crippen molar-refractivity contribution in [2.75, 3.05) is 13.1 Å². The molecule has 0 aromatic carbocycles. The van der Waals surface area contributed by atoms with Crippen molar-refractivity contribution in [2.24, 2.45) is 0 Å². The second kappa shape index (κ2) is 6.41. The lowest BCUT2D eigenvalue weighted by Gasteiger charge is -2.23. The second-order valence-corrected chi connectivity index (χ2v) is 5.18. The minimum atomic E-state index is -0.170. The van der Waals surface area contributed by atoms with Crippen LogP contribution in [0.2, 0.25) is 0 Å². The predicted molar refractivity (Wildman–Crippen MR) is 82.5 cm³/mol. The van der Waals surface area contributed by atoms with Gasteiger partial charge in [-0.05, 0) is 25.9 Å². The molecule has 0 radical (unpaired) electrons. The summed E-state index contributed by atoms with van der Waals surface area (Å²) < 4.78 is 1.72. The summed E-state index contributed by atoms with van der Waals surface area (Å²) in [6, 6.07) is 1.61. The van der Waals surface area contributed by atoms with Crippen molar-refractivity contribution in [3.05, 3.63) is 33.9 Å². The molecule has 2 N–H and O–H groups in total. The van der Waals surface area contributed by atoms with Gasteiger partial charge in [0.25, 0.3) is 5.56 Å². The molecular weight excluding hydrogens is 292 g/mol. The van der Waals surface area contributed by atoms with Crippen LogP contribution in [0.5, 0.6) is 0 Å². The van der Waals surface area contributed by atoms with Gasteiger partial charge in [-0.2, -0.15) is 5.10 Å². The number of piperidine rings is 1. The number of ketones is 1. The smallest absolute Gasteiger partial charge is 0.251 e. The van der Waals surface area contributed by atoms with E-state index in [2.05, 4.69) is 15.4 Å². The summed E-state index contributed by atoms with van der Waals surface area (Å²) >= 11 is 0. The zero-order valence-corrected chi connectivity index (χ0v) is 12.7. The SMILES string of the molecule is CCC(=O)c1cnn2c(C3CCNCC3)cc(=O)[nH]c12.Cl. The second-order valence-electron chi connectivity index (χ2n) is 5.18. The number of hydrogen-bond acceptors (Lipinski definition) is 4. The molecule has 2 aromatic heterocycles. The van der Waals surface area contributed by atoms with E-state index < -0.39 is 0 Å². The summed E-state index contributed by atoms with van der Waals surface area (Å²) in [7, 11) is 0. The van der Waals surface area contributed by atoms with E-state index in [1.165, 1.54) is 0 Å². The van der Waals surface area contributed by atoms with Crippen LogP contribution < -0.4 is 10.9 Å². The summed E-state index contributed by atoms with van der Waals surface area (Å²) in [6.45, 7) is 3.70. The first-order valence-electron chi connectivity index (χ1n) is 7.05. The molecule has 7 heteroatoms. The van der Waals surface area contributed by atoms with Crippen molar-refractivity contribution in [3.63, 3.8) is 0 Å². The van der Waals surface area contributed by atoms with Gasteiger partial charge in [-0.3, -0.25) is 9.59 Å². The molecule has 0 aliphatic carbocycles. The number of H-pyrrole nitrogens is 1. The third-order valence-corrected chi connectivity index (χ3v) is 3.91. The largest absolute Gasteiger partial charge is 0.317 e. The third-order valence-electron chi connectivity index (χ3n) is 3.91. The van der Waals surface area contributed by atoms with Crippen LogP contribution in [0.3, 0.4) is 0 Å². The summed E-state index contributed by atoms with van der Waals surface area (Å²) in [5.41, 5.74) is 1.76. The van der Waals surface area contributed by atoms with Crippen LogP contribution in [-0.2, 0) is 0 Å². The number of nitrogens with zero attached hydrogens (tertiary/aromatic N) is 2. The molecule has 0 unspecified atom stereocenters. The van der Waals surface area contributed by atoms with E-state index >= 15 is 0 Å². The van der Waals surface area contributed by atoms with Gasteiger partial charge in [0.05, 0.1) is 17.5 Å². The molecule has 1 saturated heterocycles. The topological polar surface area (TPSA) is 79.3 Å². The number of rotatable bonds is 3. The molecule has 0 spiro atoms. The standard InChI is InChI=1S/C14H18N4O2.ClH/c1-2-12(19)10-8-16-18-11(7-13(20)17-14(10)18)9-3-5-15-6-4-9;/h7-9,15H,2-6H2,1H3,(H,17,20);1H. The van der Waals surface area contributed by atoms with E-state index in [0.717, 1.165) is 31.6 Å². The van der Waals surface area contributed by atoms with Crippen LogP contribution in [0.4, 0.5) is 0 Å². The Bertz CT molecular complexity index is 701. The molecule has 3 rings (SSSR count). The number of carbonyl (C=O) groups excluding carboxylic acids is 1. The molecule has 2 aromatic rings. The molecule has 6 nitrogen and oxygen atoms in total. The van der Waals surface area contributed by atoms with Crippen molar-refractivity contribution in [1.29, 1.82) is 0 Å². The van der Waals surface area contributed by atoms with E-state index in [4.69, 9.17) is 0 Å². The van der Waals surface area contributed by atoms with E-state index in [0.29, 0.717) is 23.5 Å². The maximum absolute atomic E-state index is 11.9. The fourth-order valence-corrected chi connectivity index (χ4v) is 2.82. The van der Waals surface area contributed by atoms with E-state index in [1.54, 1.807) is 23.7 Å². The highest BCUT2D eigenvalue weighted by Crippen LogP contribution is 2.25. The van der Waals surface area contributed by atoms with Crippen molar-refractivity contribution in [3.8, 4) is 0 Å². The van der Waals surface area contributed by atoms with Crippen molar-refractivity contribution in [2.45, 2.75) is 32.1 Å². The van der Waals surface area contributed by atoms with Gasteiger partial charge in [-0.25, -0.2) is 4.52 Å². The van der Waals surface area contributed by atoms with Gasteiger partial charge in [0.2, 0.25) is 0 Å². The van der Waals surface area contributed by atoms with Crippen LogP contribution in [0, 0.1) is 0 Å². The Morgan fingerprint density at radius 2 is 2.14 bits per heavy atom. The normalized spacial score (nSPS) is 15.9. The van der Waals surface area contributed by atoms with E-state index in [1.807, 2.05) is 0 Å². The Hall–Kier alpha value is -1.66. The molecule has 0 bridgehead atoms. The summed E-state index contributed by atoms with van der Waals surface area (Å²) in [5.74, 6) is 0.309. The number of nitrogens with one attached hydrogen (secondary N) is 2. The number of carbonyl (C=O) groups is 1. The van der Waals surface area contributed by atoms with E-state index in [9.17, 15) is 9.59 Å². The lowest BCUT2D eigenvalue weighted by Crippen LogP contribution is -2.28. The molecule has 1 fully saturated rings. The Balaban J connectivity index is 0.00000161. The third kappa shape index (κ3) is 2.87. The molecule has 0 amide bonds. The van der Waals surface area contributed by atoms with Crippen LogP contribution in [0.25, 0.3) is 5.65 Å². The predicted octanol–water partition coefficient (Wildman–Crippen LogP) is 1.50. The number of aromatic nitrogens is 3. The van der Waals surface area contributed by atoms with Gasteiger partial charge in [-0.15, -0.1) is 12.4 Å². The van der Waals surface area contributed by atoms with Gasteiger partial charge in [0.15, 0.2) is 5.78 Å². The first-order valence-corrected chi connectivity index (χ1v) is 7.05. The average Bonchev–Trinajstić information content (AvgIpc) is 2.90. The minimum Gasteiger partial charge on any atom is -0.317 e. The number of hydrogen-bond donors (Lipinski definition) is 2. The Labute approximate surface area is 128 Å². The summed E-state index contributed by atoms with van der Waals surface area (Å²) in [5, 5.41) is 7.62. The molecule has 0 saturated carbocycles. The fourth-order valence-electron chi connectivity index (χ4n) is 2.82. The fraction of sp³-hybridized carbons (Fsp3) is 0.500. The number of aromatic amines is 1. The molecule has 3 heterocycles. The van der Waals surface area contributed by atoms with Gasteiger partial charge in [0, 0.05) is 18.4 Å². The highest BCUT2D eigenvalue weighted by atomic mass is 35.5. The van der Waals surface area contributed by atoms with Gasteiger partial charge < -0.3 is 10.3 Å². The van der Waals surface area contributed by atoms with Crippen molar-refractivity contribution >= 4 is 23.8 Å². The molecule has 1 aliphatic heterocycles. The van der Waals surface area contributed by atoms with Crippen LogP contribution >= 0.6 is 12.4 Å². The lowest BCUT2D eigenvalue weighted by molar-refractivity contribution is 0.0989. The zero-order valence-electron chi connectivity index (χ0n) is 11.9. The first-order chi connectivity index (χ1) is 9.70. The summed E-state index contributed by atoms with van der Waals surface area (Å²) in [6.07, 6.45) is 3.92. The van der Waals surface area contributed by atoms with Crippen LogP contribution in [0.1, 0.15) is 48.2 Å². The molecular formula is C14H19ClN4O2. The summed E-state index contributed by atoms with van der Waals surface area (Å²) in [4.78, 5) is 26.5. The van der Waals surface area contributed by atoms with Crippen molar-refractivity contribution in [1.82, 2.24) is 19.9 Å². The molecule has 114 valence electrons. The van der Waals surface area contributed by atoms with Gasteiger partial charge >= 0.3 is 0 Å². The van der Waals surface area contributed by atoms with Gasteiger partial charge in [-0.1, -0.05) is 6.92 Å². The Morgan fingerprint density at radius 1 is 1.43 bits per heavy atom. The highest BCUT2D eigenvalue weighted by Gasteiger charge is 2.21. The monoisotopic (exact) mass is 310 g/mol. The lowest BCUT2D eigenvalue weighted by atomic mass is 9.94. The first kappa shape index (κ1) is 15.7. The quantitative estimate of drug-likeness (QED) is 0.842. The minimum absolute atomic E-state index is 0. The number of Topliss-reactive ketones (excluding diaryl/α,β-unsaturated/α-hetero) is 1. The van der Waals surface area contributed by atoms with Crippen LogP contribution in [-0.4, -0.2) is 33.5 Å². The van der Waals surface area contributed by atoms with Crippen molar-refractivity contribution < 1.29 is 4.79 Å². The Kier molecular flexibility index (Phi) is 4.80. The van der Waals surface area contributed by atoms with Gasteiger partial charge in [0.1, 0.15) is 5.65 Å².